The Morgan fingerprint density at radius 3 is 3.06 bits per heavy atom. The third-order valence-electron chi connectivity index (χ3n) is 3.56. The van der Waals surface area contributed by atoms with Gasteiger partial charge in [-0.25, -0.2) is 4.98 Å². The third kappa shape index (κ3) is 3.80. The SMILES string of the molecule is CN1CCC(CN(C)Cc2cn(CCN)cn2)C1. The third-order valence-corrected chi connectivity index (χ3v) is 3.56. The van der Waals surface area contributed by atoms with Crippen molar-refractivity contribution in [2.24, 2.45) is 11.7 Å². The molecule has 1 atom stereocenters. The smallest absolute Gasteiger partial charge is 0.0950 e. The van der Waals surface area contributed by atoms with Gasteiger partial charge in [0.25, 0.3) is 0 Å². The first-order valence-corrected chi connectivity index (χ1v) is 6.75. The molecule has 0 aliphatic carbocycles. The highest BCUT2D eigenvalue weighted by Crippen LogP contribution is 2.15. The molecular weight excluding hydrogens is 226 g/mol. The van der Waals surface area contributed by atoms with E-state index in [1.165, 1.54) is 19.5 Å². The molecule has 2 heterocycles. The van der Waals surface area contributed by atoms with Crippen LogP contribution >= 0.6 is 0 Å². The molecule has 1 aliphatic rings. The van der Waals surface area contributed by atoms with Crippen LogP contribution in [0.4, 0.5) is 0 Å². The molecule has 0 aromatic carbocycles. The Kier molecular flexibility index (Phi) is 4.74. The number of nitrogens with zero attached hydrogens (tertiary/aromatic N) is 4. The predicted octanol–water partition coefficient (Wildman–Crippen LogP) is 0.225. The van der Waals surface area contributed by atoms with Crippen LogP contribution in [-0.2, 0) is 13.1 Å². The molecule has 0 saturated carbocycles. The van der Waals surface area contributed by atoms with Crippen LogP contribution in [0.25, 0.3) is 0 Å². The Morgan fingerprint density at radius 2 is 2.39 bits per heavy atom. The molecule has 1 aliphatic heterocycles. The second kappa shape index (κ2) is 6.31. The highest BCUT2D eigenvalue weighted by molar-refractivity contribution is 4.96. The van der Waals surface area contributed by atoms with E-state index in [0.717, 1.165) is 31.2 Å². The summed E-state index contributed by atoms with van der Waals surface area (Å²) in [5.74, 6) is 0.811. The topological polar surface area (TPSA) is 50.3 Å². The van der Waals surface area contributed by atoms with Crippen molar-refractivity contribution in [1.82, 2.24) is 19.4 Å². The molecular formula is C13H25N5. The van der Waals surface area contributed by atoms with Crippen LogP contribution in [0, 0.1) is 5.92 Å². The number of nitrogens with two attached hydrogens (primary N) is 1. The lowest BCUT2D eigenvalue weighted by molar-refractivity contribution is 0.265. The second-order valence-electron chi connectivity index (χ2n) is 5.51. The molecule has 1 fully saturated rings. The van der Waals surface area contributed by atoms with Gasteiger partial charge in [0.15, 0.2) is 0 Å². The van der Waals surface area contributed by atoms with Crippen molar-refractivity contribution < 1.29 is 0 Å². The van der Waals surface area contributed by atoms with Crippen molar-refractivity contribution in [2.45, 2.75) is 19.5 Å². The molecule has 0 amide bonds. The van der Waals surface area contributed by atoms with E-state index < -0.39 is 0 Å². The van der Waals surface area contributed by atoms with Crippen molar-refractivity contribution in [2.75, 3.05) is 40.3 Å². The van der Waals surface area contributed by atoms with Gasteiger partial charge in [0.2, 0.25) is 0 Å². The number of aromatic nitrogens is 2. The summed E-state index contributed by atoms with van der Waals surface area (Å²) in [6, 6.07) is 0. The van der Waals surface area contributed by atoms with Crippen LogP contribution in [0.15, 0.2) is 12.5 Å². The summed E-state index contributed by atoms with van der Waals surface area (Å²) in [5, 5.41) is 0. The Balaban J connectivity index is 1.77. The summed E-state index contributed by atoms with van der Waals surface area (Å²) in [4.78, 5) is 9.20. The van der Waals surface area contributed by atoms with E-state index in [1.54, 1.807) is 0 Å². The van der Waals surface area contributed by atoms with E-state index in [4.69, 9.17) is 5.73 Å². The molecule has 5 heteroatoms. The van der Waals surface area contributed by atoms with Gasteiger partial charge >= 0.3 is 0 Å². The molecule has 1 saturated heterocycles. The predicted molar refractivity (Wildman–Crippen MR) is 73.2 cm³/mol. The molecule has 1 aromatic rings. The normalized spacial score (nSPS) is 21.0. The minimum Gasteiger partial charge on any atom is -0.336 e. The molecule has 0 spiro atoms. The lowest BCUT2D eigenvalue weighted by atomic mass is 10.1. The first kappa shape index (κ1) is 13.5. The van der Waals surface area contributed by atoms with Gasteiger partial charge in [-0.1, -0.05) is 0 Å². The monoisotopic (exact) mass is 251 g/mol. The largest absolute Gasteiger partial charge is 0.336 e. The zero-order chi connectivity index (χ0) is 13.0. The molecule has 102 valence electrons. The lowest BCUT2D eigenvalue weighted by Crippen LogP contribution is -2.27. The molecule has 18 heavy (non-hydrogen) atoms. The van der Waals surface area contributed by atoms with Gasteiger partial charge in [-0.15, -0.1) is 0 Å². The van der Waals surface area contributed by atoms with Crippen molar-refractivity contribution in [1.29, 1.82) is 0 Å². The first-order valence-electron chi connectivity index (χ1n) is 6.75. The average Bonchev–Trinajstić information content (AvgIpc) is 2.89. The summed E-state index contributed by atoms with van der Waals surface area (Å²) in [7, 11) is 4.38. The first-order chi connectivity index (χ1) is 8.67. The molecule has 2 N–H and O–H groups in total. The Morgan fingerprint density at radius 1 is 1.56 bits per heavy atom. The number of rotatable bonds is 6. The van der Waals surface area contributed by atoms with Crippen LogP contribution in [0.2, 0.25) is 0 Å². The summed E-state index contributed by atoms with van der Waals surface area (Å²) < 4.78 is 2.06. The molecule has 5 nitrogen and oxygen atoms in total. The number of imidazole rings is 1. The zero-order valence-corrected chi connectivity index (χ0v) is 11.5. The van der Waals surface area contributed by atoms with Gasteiger partial charge in [-0.05, 0) is 33.0 Å². The van der Waals surface area contributed by atoms with Crippen molar-refractivity contribution in [3.05, 3.63) is 18.2 Å². The zero-order valence-electron chi connectivity index (χ0n) is 11.5. The maximum atomic E-state index is 5.53. The maximum absolute atomic E-state index is 5.53. The highest BCUT2D eigenvalue weighted by Gasteiger charge is 2.20. The fraction of sp³-hybridized carbons (Fsp3) is 0.769. The Hall–Kier alpha value is -0.910. The van der Waals surface area contributed by atoms with E-state index in [0.29, 0.717) is 6.54 Å². The van der Waals surface area contributed by atoms with E-state index in [9.17, 15) is 0 Å². The van der Waals surface area contributed by atoms with Crippen LogP contribution < -0.4 is 5.73 Å². The van der Waals surface area contributed by atoms with Crippen LogP contribution in [-0.4, -0.2) is 59.6 Å². The fourth-order valence-corrected chi connectivity index (χ4v) is 2.72. The van der Waals surface area contributed by atoms with E-state index in [1.807, 2.05) is 6.33 Å². The summed E-state index contributed by atoms with van der Waals surface area (Å²) in [5.41, 5.74) is 6.67. The van der Waals surface area contributed by atoms with Crippen LogP contribution in [0.5, 0.6) is 0 Å². The molecule has 2 rings (SSSR count). The van der Waals surface area contributed by atoms with Gasteiger partial charge in [-0.2, -0.15) is 0 Å². The van der Waals surface area contributed by atoms with Crippen molar-refractivity contribution in [3.8, 4) is 0 Å². The second-order valence-corrected chi connectivity index (χ2v) is 5.51. The minimum atomic E-state index is 0.667. The molecule has 0 bridgehead atoms. The van der Waals surface area contributed by atoms with Gasteiger partial charge in [0, 0.05) is 38.9 Å². The maximum Gasteiger partial charge on any atom is 0.0950 e. The standard InChI is InChI=1S/C13H25N5/c1-16-5-3-12(7-16)8-17(2)9-13-10-18(6-4-14)11-15-13/h10-12H,3-9,14H2,1-2H3. The van der Waals surface area contributed by atoms with E-state index in [2.05, 4.69) is 39.6 Å². The summed E-state index contributed by atoms with van der Waals surface area (Å²) in [6.45, 7) is 6.08. The van der Waals surface area contributed by atoms with Gasteiger partial charge in [0.05, 0.1) is 12.0 Å². The number of likely N-dealkylation sites (tertiary alicyclic amines) is 1. The van der Waals surface area contributed by atoms with Gasteiger partial charge in [-0.3, -0.25) is 0 Å². The summed E-state index contributed by atoms with van der Waals surface area (Å²) >= 11 is 0. The number of hydrogen-bond donors (Lipinski definition) is 1. The fourth-order valence-electron chi connectivity index (χ4n) is 2.72. The Labute approximate surface area is 110 Å². The van der Waals surface area contributed by atoms with E-state index >= 15 is 0 Å². The summed E-state index contributed by atoms with van der Waals surface area (Å²) in [6.07, 6.45) is 5.30. The molecule has 1 aromatic heterocycles. The minimum absolute atomic E-state index is 0.667. The molecule has 0 radical (unpaired) electrons. The van der Waals surface area contributed by atoms with Crippen molar-refractivity contribution >= 4 is 0 Å². The number of hydrogen-bond acceptors (Lipinski definition) is 4. The lowest BCUT2D eigenvalue weighted by Gasteiger charge is -2.19. The van der Waals surface area contributed by atoms with Crippen LogP contribution in [0.3, 0.4) is 0 Å². The average molecular weight is 251 g/mol. The molecule has 1 unspecified atom stereocenters. The highest BCUT2D eigenvalue weighted by atomic mass is 15.2. The van der Waals surface area contributed by atoms with Crippen LogP contribution in [0.1, 0.15) is 12.1 Å². The van der Waals surface area contributed by atoms with E-state index in [-0.39, 0.29) is 0 Å². The Bertz CT molecular complexity index is 362. The quantitative estimate of drug-likeness (QED) is 0.786. The van der Waals surface area contributed by atoms with Gasteiger partial charge in [0.1, 0.15) is 0 Å². The van der Waals surface area contributed by atoms with Gasteiger partial charge < -0.3 is 20.1 Å². The van der Waals surface area contributed by atoms with Crippen molar-refractivity contribution in [3.63, 3.8) is 0 Å².